The van der Waals surface area contributed by atoms with Gasteiger partial charge in [-0.2, -0.15) is 4.98 Å². The lowest BCUT2D eigenvalue weighted by Gasteiger charge is -2.22. The van der Waals surface area contributed by atoms with E-state index >= 15 is 0 Å². The van der Waals surface area contributed by atoms with Crippen molar-refractivity contribution in [3.05, 3.63) is 47.4 Å². The zero-order chi connectivity index (χ0) is 14.7. The largest absolute Gasteiger partial charge is 0.337 e. The standard InChI is InChI=1S/C16H20FN3O/c17-13-7-5-12(6-8-13)11-14-19-15(21-20-14)16(18)9-3-1-2-4-10-16/h5-8H,1-4,9-11,18H2. The maximum Gasteiger partial charge on any atom is 0.246 e. The van der Waals surface area contributed by atoms with E-state index < -0.39 is 5.54 Å². The molecule has 0 radical (unpaired) electrons. The van der Waals surface area contributed by atoms with Crippen LogP contribution in [-0.2, 0) is 12.0 Å². The highest BCUT2D eigenvalue weighted by atomic mass is 19.1. The van der Waals surface area contributed by atoms with Crippen LogP contribution in [0.3, 0.4) is 0 Å². The highest BCUT2D eigenvalue weighted by molar-refractivity contribution is 5.19. The molecule has 0 unspecified atom stereocenters. The first-order valence-electron chi connectivity index (χ1n) is 7.52. The summed E-state index contributed by atoms with van der Waals surface area (Å²) in [6, 6.07) is 6.34. The minimum atomic E-state index is -0.482. The topological polar surface area (TPSA) is 64.9 Å². The van der Waals surface area contributed by atoms with Crippen molar-refractivity contribution >= 4 is 0 Å². The number of halogens is 1. The highest BCUT2D eigenvalue weighted by Crippen LogP contribution is 2.32. The SMILES string of the molecule is NC1(c2nc(Cc3ccc(F)cc3)no2)CCCCCC1. The van der Waals surface area contributed by atoms with Crippen LogP contribution in [0.25, 0.3) is 0 Å². The fourth-order valence-corrected chi connectivity index (χ4v) is 2.89. The van der Waals surface area contributed by atoms with Crippen molar-refractivity contribution in [2.75, 3.05) is 0 Å². The number of aromatic nitrogens is 2. The van der Waals surface area contributed by atoms with Crippen molar-refractivity contribution in [2.45, 2.75) is 50.5 Å². The van der Waals surface area contributed by atoms with Gasteiger partial charge in [-0.15, -0.1) is 0 Å². The molecule has 1 aliphatic carbocycles. The van der Waals surface area contributed by atoms with Gasteiger partial charge in [0.15, 0.2) is 5.82 Å². The summed E-state index contributed by atoms with van der Waals surface area (Å²) in [5.74, 6) is 0.902. The quantitative estimate of drug-likeness (QED) is 0.880. The van der Waals surface area contributed by atoms with Gasteiger partial charge in [0.1, 0.15) is 5.82 Å². The molecule has 2 N–H and O–H groups in total. The van der Waals surface area contributed by atoms with Crippen molar-refractivity contribution < 1.29 is 8.91 Å². The van der Waals surface area contributed by atoms with Gasteiger partial charge in [-0.3, -0.25) is 0 Å². The molecule has 1 aromatic heterocycles. The summed E-state index contributed by atoms with van der Waals surface area (Å²) in [5.41, 5.74) is 6.93. The van der Waals surface area contributed by atoms with Crippen LogP contribution in [0.5, 0.6) is 0 Å². The highest BCUT2D eigenvalue weighted by Gasteiger charge is 2.34. The number of hydrogen-bond acceptors (Lipinski definition) is 4. The van der Waals surface area contributed by atoms with Gasteiger partial charge in [-0.1, -0.05) is 43.0 Å². The first-order chi connectivity index (χ1) is 10.2. The summed E-state index contributed by atoms with van der Waals surface area (Å²) >= 11 is 0. The number of nitrogens with zero attached hydrogens (tertiary/aromatic N) is 2. The van der Waals surface area contributed by atoms with Gasteiger partial charge in [0, 0.05) is 6.42 Å². The summed E-state index contributed by atoms with van der Waals surface area (Å²) in [6.45, 7) is 0. The van der Waals surface area contributed by atoms with Crippen LogP contribution >= 0.6 is 0 Å². The van der Waals surface area contributed by atoms with Crippen LogP contribution in [0, 0.1) is 5.82 Å². The molecule has 0 saturated heterocycles. The van der Waals surface area contributed by atoms with Gasteiger partial charge >= 0.3 is 0 Å². The van der Waals surface area contributed by atoms with Crippen molar-refractivity contribution in [2.24, 2.45) is 5.73 Å². The zero-order valence-corrected chi connectivity index (χ0v) is 12.0. The van der Waals surface area contributed by atoms with E-state index in [9.17, 15) is 4.39 Å². The number of hydrogen-bond donors (Lipinski definition) is 1. The molecule has 1 aromatic carbocycles. The van der Waals surface area contributed by atoms with E-state index in [1.54, 1.807) is 12.1 Å². The molecule has 1 heterocycles. The molecule has 0 spiro atoms. The Balaban J connectivity index is 1.74. The van der Waals surface area contributed by atoms with Crippen molar-refractivity contribution in [1.82, 2.24) is 10.1 Å². The van der Waals surface area contributed by atoms with E-state index in [0.717, 1.165) is 31.2 Å². The molecule has 0 aliphatic heterocycles. The van der Waals surface area contributed by atoms with Crippen LogP contribution in [0.2, 0.25) is 0 Å². The number of rotatable bonds is 3. The maximum absolute atomic E-state index is 12.9. The zero-order valence-electron chi connectivity index (χ0n) is 12.0. The third kappa shape index (κ3) is 3.29. The van der Waals surface area contributed by atoms with Gasteiger partial charge < -0.3 is 10.3 Å². The molecule has 0 bridgehead atoms. The fourth-order valence-electron chi connectivity index (χ4n) is 2.89. The molecule has 0 atom stereocenters. The van der Waals surface area contributed by atoms with Gasteiger partial charge in [0.05, 0.1) is 5.54 Å². The van der Waals surface area contributed by atoms with Crippen molar-refractivity contribution in [3.63, 3.8) is 0 Å². The molecule has 21 heavy (non-hydrogen) atoms. The van der Waals surface area contributed by atoms with Gasteiger partial charge in [-0.05, 0) is 30.5 Å². The summed E-state index contributed by atoms with van der Waals surface area (Å²) in [4.78, 5) is 4.47. The molecular weight excluding hydrogens is 269 g/mol. The molecule has 2 aromatic rings. The molecule has 0 amide bonds. The average molecular weight is 289 g/mol. The Bertz CT molecular complexity index is 586. The van der Waals surface area contributed by atoms with E-state index in [-0.39, 0.29) is 5.82 Å². The Morgan fingerprint density at radius 1 is 1.10 bits per heavy atom. The van der Waals surface area contributed by atoms with E-state index in [0.29, 0.717) is 18.1 Å². The molecule has 112 valence electrons. The lowest BCUT2D eigenvalue weighted by Crippen LogP contribution is -2.36. The normalized spacial score (nSPS) is 18.4. The molecule has 3 rings (SSSR count). The summed E-state index contributed by atoms with van der Waals surface area (Å²) < 4.78 is 18.3. The smallest absolute Gasteiger partial charge is 0.246 e. The molecule has 1 fully saturated rings. The number of benzene rings is 1. The van der Waals surface area contributed by atoms with Crippen molar-refractivity contribution in [1.29, 1.82) is 0 Å². The van der Waals surface area contributed by atoms with Crippen LogP contribution in [0.15, 0.2) is 28.8 Å². The lowest BCUT2D eigenvalue weighted by atomic mass is 9.91. The Labute approximate surface area is 123 Å². The molecule has 1 saturated carbocycles. The third-order valence-corrected chi connectivity index (χ3v) is 4.17. The maximum atomic E-state index is 12.9. The predicted molar refractivity (Wildman–Crippen MR) is 77.1 cm³/mol. The first-order valence-corrected chi connectivity index (χ1v) is 7.52. The van der Waals surface area contributed by atoms with E-state index in [1.165, 1.54) is 25.0 Å². The van der Waals surface area contributed by atoms with E-state index in [4.69, 9.17) is 10.3 Å². The Morgan fingerprint density at radius 2 is 1.76 bits per heavy atom. The van der Waals surface area contributed by atoms with Crippen LogP contribution in [-0.4, -0.2) is 10.1 Å². The lowest BCUT2D eigenvalue weighted by molar-refractivity contribution is 0.256. The Kier molecular flexibility index (Phi) is 4.01. The minimum Gasteiger partial charge on any atom is -0.337 e. The van der Waals surface area contributed by atoms with Crippen LogP contribution in [0.1, 0.15) is 55.8 Å². The van der Waals surface area contributed by atoms with Crippen LogP contribution < -0.4 is 5.73 Å². The summed E-state index contributed by atoms with van der Waals surface area (Å²) in [5, 5.41) is 4.03. The fraction of sp³-hybridized carbons (Fsp3) is 0.500. The average Bonchev–Trinajstić information content (AvgIpc) is 2.84. The monoisotopic (exact) mass is 289 g/mol. The van der Waals surface area contributed by atoms with Gasteiger partial charge in [-0.25, -0.2) is 4.39 Å². The van der Waals surface area contributed by atoms with Crippen LogP contribution in [0.4, 0.5) is 4.39 Å². The van der Waals surface area contributed by atoms with Gasteiger partial charge in [0.2, 0.25) is 5.89 Å². The Hall–Kier alpha value is -1.75. The second-order valence-corrected chi connectivity index (χ2v) is 5.89. The number of nitrogens with two attached hydrogens (primary N) is 1. The Morgan fingerprint density at radius 3 is 2.43 bits per heavy atom. The molecular formula is C16H20FN3O. The van der Waals surface area contributed by atoms with Gasteiger partial charge in [0.25, 0.3) is 0 Å². The predicted octanol–water partition coefficient (Wildman–Crippen LogP) is 3.31. The second kappa shape index (κ2) is 5.93. The first kappa shape index (κ1) is 14.2. The summed E-state index contributed by atoms with van der Waals surface area (Å²) in [7, 11) is 0. The minimum absolute atomic E-state index is 0.244. The van der Waals surface area contributed by atoms with Crippen molar-refractivity contribution in [3.8, 4) is 0 Å². The van der Waals surface area contributed by atoms with E-state index in [1.807, 2.05) is 0 Å². The third-order valence-electron chi connectivity index (χ3n) is 4.17. The summed E-state index contributed by atoms with van der Waals surface area (Å²) in [6.07, 6.45) is 6.96. The molecule has 1 aliphatic rings. The van der Waals surface area contributed by atoms with E-state index in [2.05, 4.69) is 10.1 Å². The second-order valence-electron chi connectivity index (χ2n) is 5.89. The molecule has 4 nitrogen and oxygen atoms in total. The molecule has 5 heteroatoms.